The molecule has 126 valence electrons. The van der Waals surface area contributed by atoms with E-state index in [0.717, 1.165) is 0 Å². The van der Waals surface area contributed by atoms with Crippen LogP contribution in [0.15, 0.2) is 24.3 Å². The van der Waals surface area contributed by atoms with E-state index in [-0.39, 0.29) is 12.2 Å². The largest absolute Gasteiger partial charge is 0.469 e. The van der Waals surface area contributed by atoms with Crippen LogP contribution in [0.4, 0.5) is 0 Å². The van der Waals surface area contributed by atoms with Gasteiger partial charge in [-0.15, -0.1) is 0 Å². The maximum Gasteiger partial charge on any atom is 0.317 e. The zero-order chi connectivity index (χ0) is 17.0. The Kier molecular flexibility index (Phi) is 5.75. The first kappa shape index (κ1) is 17.9. The molecule has 23 heavy (non-hydrogen) atoms. The molecule has 0 aromatic heterocycles. The van der Waals surface area contributed by atoms with Crippen molar-refractivity contribution in [2.45, 2.75) is 38.1 Å². The van der Waals surface area contributed by atoms with Crippen LogP contribution in [0.25, 0.3) is 0 Å². The van der Waals surface area contributed by atoms with E-state index in [0.29, 0.717) is 23.4 Å². The van der Waals surface area contributed by atoms with Crippen LogP contribution in [0.2, 0.25) is 5.02 Å². The van der Waals surface area contributed by atoms with Crippen molar-refractivity contribution in [3.05, 3.63) is 34.9 Å². The molecule has 1 aromatic carbocycles. The van der Waals surface area contributed by atoms with E-state index in [9.17, 15) is 14.7 Å². The third kappa shape index (κ3) is 4.29. The fraction of sp³-hybridized carbons (Fsp3) is 0.500. The van der Waals surface area contributed by atoms with Gasteiger partial charge in [0, 0.05) is 17.0 Å². The van der Waals surface area contributed by atoms with Crippen LogP contribution in [0, 0.1) is 5.92 Å². The van der Waals surface area contributed by atoms with Gasteiger partial charge < -0.3 is 9.84 Å². The number of carbonyl (C=O) groups excluding carboxylic acids is 2. The number of methoxy groups -OCH3 is 1. The Balaban J connectivity index is 1.89. The Labute approximate surface area is 139 Å². The zero-order valence-electron chi connectivity index (χ0n) is 13.0. The summed E-state index contributed by atoms with van der Waals surface area (Å²) in [6, 6.07) is 6.66. The van der Waals surface area contributed by atoms with Gasteiger partial charge in [0.2, 0.25) is 5.79 Å². The number of hydrogen-bond acceptors (Lipinski definition) is 6. The lowest BCUT2D eigenvalue weighted by atomic mass is 9.91. The quantitative estimate of drug-likeness (QED) is 0.486. The molecule has 1 aromatic rings. The smallest absolute Gasteiger partial charge is 0.317 e. The maximum absolute atomic E-state index is 12.1. The van der Waals surface area contributed by atoms with Crippen LogP contribution < -0.4 is 0 Å². The lowest BCUT2D eigenvalue weighted by Gasteiger charge is -2.21. The molecule has 7 heteroatoms. The monoisotopic (exact) mass is 342 g/mol. The molecular formula is C16H19ClO6. The van der Waals surface area contributed by atoms with Crippen molar-refractivity contribution in [1.82, 2.24) is 0 Å². The number of ketones is 1. The summed E-state index contributed by atoms with van der Waals surface area (Å²) >= 11 is 5.78. The molecule has 0 spiro atoms. The highest BCUT2D eigenvalue weighted by molar-refractivity contribution is 6.30. The van der Waals surface area contributed by atoms with Gasteiger partial charge in [-0.25, -0.2) is 9.78 Å². The highest BCUT2D eigenvalue weighted by atomic mass is 35.5. The van der Waals surface area contributed by atoms with Gasteiger partial charge in [0.25, 0.3) is 0 Å². The predicted molar refractivity (Wildman–Crippen MR) is 81.7 cm³/mol. The van der Waals surface area contributed by atoms with Gasteiger partial charge in [-0.2, -0.15) is 0 Å². The van der Waals surface area contributed by atoms with E-state index in [1.54, 1.807) is 24.3 Å². The van der Waals surface area contributed by atoms with Gasteiger partial charge in [0.15, 0.2) is 5.78 Å². The number of aliphatic hydroxyl groups is 1. The molecule has 1 saturated heterocycles. The first-order valence-electron chi connectivity index (χ1n) is 7.28. The molecule has 0 aliphatic carbocycles. The summed E-state index contributed by atoms with van der Waals surface area (Å²) < 4.78 is 4.67. The second kappa shape index (κ2) is 7.40. The lowest BCUT2D eigenvalue weighted by Crippen LogP contribution is -2.41. The average molecular weight is 343 g/mol. The summed E-state index contributed by atoms with van der Waals surface area (Å²) in [4.78, 5) is 33.7. The molecule has 3 unspecified atom stereocenters. The molecule has 3 atom stereocenters. The SMILES string of the molecule is COC(=O)C1C(CCCC(=O)c2ccc(Cl)cc2)OOC1(C)O. The Bertz CT molecular complexity index is 568. The minimum atomic E-state index is -1.74. The van der Waals surface area contributed by atoms with E-state index >= 15 is 0 Å². The molecule has 1 fully saturated rings. The van der Waals surface area contributed by atoms with Crippen molar-refractivity contribution >= 4 is 23.4 Å². The second-order valence-electron chi connectivity index (χ2n) is 5.60. The topological polar surface area (TPSA) is 82.1 Å². The highest BCUT2D eigenvalue weighted by Gasteiger charge is 2.52. The minimum Gasteiger partial charge on any atom is -0.469 e. The molecule has 1 aliphatic heterocycles. The molecule has 0 amide bonds. The molecule has 0 radical (unpaired) electrons. The normalized spacial score (nSPS) is 27.0. The third-order valence-corrected chi connectivity index (χ3v) is 4.06. The van der Waals surface area contributed by atoms with Crippen LogP contribution in [0.1, 0.15) is 36.5 Å². The van der Waals surface area contributed by atoms with Gasteiger partial charge in [-0.3, -0.25) is 9.59 Å². The van der Waals surface area contributed by atoms with Crippen molar-refractivity contribution < 1.29 is 29.2 Å². The van der Waals surface area contributed by atoms with Crippen molar-refractivity contribution in [2.24, 2.45) is 5.92 Å². The summed E-state index contributed by atoms with van der Waals surface area (Å²) in [6.45, 7) is 1.34. The summed E-state index contributed by atoms with van der Waals surface area (Å²) in [5.41, 5.74) is 0.578. The molecule has 1 aliphatic rings. The Hall–Kier alpha value is -1.47. The lowest BCUT2D eigenvalue weighted by molar-refractivity contribution is -0.374. The van der Waals surface area contributed by atoms with Crippen molar-refractivity contribution in [2.75, 3.05) is 7.11 Å². The minimum absolute atomic E-state index is 0.0260. The third-order valence-electron chi connectivity index (χ3n) is 3.80. The number of esters is 1. The Morgan fingerprint density at radius 2 is 2.00 bits per heavy atom. The highest BCUT2D eigenvalue weighted by Crippen LogP contribution is 2.35. The van der Waals surface area contributed by atoms with Crippen molar-refractivity contribution in [3.8, 4) is 0 Å². The van der Waals surface area contributed by atoms with E-state index < -0.39 is 23.8 Å². The average Bonchev–Trinajstić information content (AvgIpc) is 2.82. The van der Waals surface area contributed by atoms with E-state index in [1.807, 2.05) is 0 Å². The van der Waals surface area contributed by atoms with Crippen LogP contribution in [0.3, 0.4) is 0 Å². The van der Waals surface area contributed by atoms with Gasteiger partial charge in [-0.1, -0.05) is 11.6 Å². The van der Waals surface area contributed by atoms with Crippen molar-refractivity contribution in [3.63, 3.8) is 0 Å². The summed E-state index contributed by atoms with van der Waals surface area (Å²) in [6.07, 6.45) is 0.502. The van der Waals surface area contributed by atoms with Crippen LogP contribution >= 0.6 is 11.6 Å². The molecule has 1 N–H and O–H groups in total. The van der Waals surface area contributed by atoms with E-state index in [4.69, 9.17) is 21.4 Å². The van der Waals surface area contributed by atoms with Crippen molar-refractivity contribution in [1.29, 1.82) is 0 Å². The molecule has 0 saturated carbocycles. The molecule has 6 nitrogen and oxygen atoms in total. The summed E-state index contributed by atoms with van der Waals surface area (Å²) in [5.74, 6) is -3.32. The second-order valence-corrected chi connectivity index (χ2v) is 6.03. The van der Waals surface area contributed by atoms with E-state index in [2.05, 4.69) is 4.74 Å². The van der Waals surface area contributed by atoms with Crippen LogP contribution in [-0.4, -0.2) is 35.9 Å². The predicted octanol–water partition coefficient (Wildman–Crippen LogP) is 2.52. The van der Waals surface area contributed by atoms with E-state index in [1.165, 1.54) is 14.0 Å². The van der Waals surface area contributed by atoms with Gasteiger partial charge in [0.1, 0.15) is 12.0 Å². The molecule has 2 rings (SSSR count). The number of ether oxygens (including phenoxy) is 1. The first-order chi connectivity index (χ1) is 10.8. The van der Waals surface area contributed by atoms with Gasteiger partial charge in [0.05, 0.1) is 7.11 Å². The number of rotatable bonds is 6. The van der Waals surface area contributed by atoms with Gasteiger partial charge in [-0.05, 0) is 44.0 Å². The number of Topliss-reactive ketones (excluding diaryl/α,β-unsaturated/α-hetero) is 1. The van der Waals surface area contributed by atoms with Crippen LogP contribution in [-0.2, 0) is 19.3 Å². The number of carbonyl (C=O) groups is 2. The zero-order valence-corrected chi connectivity index (χ0v) is 13.7. The number of hydrogen-bond donors (Lipinski definition) is 1. The first-order valence-corrected chi connectivity index (χ1v) is 7.66. The number of halogens is 1. The van der Waals surface area contributed by atoms with Crippen LogP contribution in [0.5, 0.6) is 0 Å². The summed E-state index contributed by atoms with van der Waals surface area (Å²) in [5, 5.41) is 10.6. The van der Waals surface area contributed by atoms with Gasteiger partial charge >= 0.3 is 5.97 Å². The molecular weight excluding hydrogens is 324 g/mol. The Morgan fingerprint density at radius 1 is 1.35 bits per heavy atom. The number of benzene rings is 1. The summed E-state index contributed by atoms with van der Waals surface area (Å²) in [7, 11) is 1.23. The maximum atomic E-state index is 12.1. The fourth-order valence-corrected chi connectivity index (χ4v) is 2.69. The fourth-order valence-electron chi connectivity index (χ4n) is 2.57. The Morgan fingerprint density at radius 3 is 2.61 bits per heavy atom. The molecule has 1 heterocycles. The standard InChI is InChI=1S/C16H19ClO6/c1-16(20)14(15(19)21-2)13(22-23-16)5-3-4-12(18)10-6-8-11(17)9-7-10/h6-9,13-14,20H,3-5H2,1-2H3. The molecule has 0 bridgehead atoms.